The van der Waals surface area contributed by atoms with E-state index in [1.807, 2.05) is 30.3 Å². The van der Waals surface area contributed by atoms with Crippen LogP contribution in [0, 0.1) is 0 Å². The fraction of sp³-hybridized carbons (Fsp3) is 0.320. The van der Waals surface area contributed by atoms with Gasteiger partial charge < -0.3 is 19.5 Å². The van der Waals surface area contributed by atoms with Crippen LogP contribution in [0.5, 0.6) is 11.5 Å². The molecular weight excluding hydrogens is 465 g/mol. The van der Waals surface area contributed by atoms with Crippen LogP contribution in [0.1, 0.15) is 35.0 Å². The Morgan fingerprint density at radius 1 is 1.15 bits per heavy atom. The van der Waals surface area contributed by atoms with Crippen LogP contribution in [0.4, 0.5) is 10.1 Å². The summed E-state index contributed by atoms with van der Waals surface area (Å²) in [6, 6.07) is 14.9. The molecule has 2 aromatic carbocycles. The standard InChI is InChI=1S/C25H23ClFNO4S/c1-24(27)12-25(30,13-24)14-32-19-8-7-18(10-20(19)31-2)28-11-16-9-21(33-22(16)23(28)29)15-3-5-17(26)6-4-15/h3-10,30H,11-14H2,1-2H3. The van der Waals surface area contributed by atoms with Crippen LogP contribution in [0.3, 0.4) is 0 Å². The van der Waals surface area contributed by atoms with Gasteiger partial charge in [-0.3, -0.25) is 4.79 Å². The lowest BCUT2D eigenvalue weighted by Gasteiger charge is -2.45. The number of aliphatic hydroxyl groups is 1. The molecule has 3 aromatic rings. The Morgan fingerprint density at radius 2 is 1.88 bits per heavy atom. The first-order valence-electron chi connectivity index (χ1n) is 10.6. The number of nitrogens with zero attached hydrogens (tertiary/aromatic N) is 1. The summed E-state index contributed by atoms with van der Waals surface area (Å²) in [6.07, 6.45) is 0.0895. The first-order valence-corrected chi connectivity index (χ1v) is 11.8. The number of thiophene rings is 1. The van der Waals surface area contributed by atoms with Gasteiger partial charge in [-0.2, -0.15) is 0 Å². The van der Waals surface area contributed by atoms with Crippen LogP contribution in [-0.4, -0.2) is 36.0 Å². The average molecular weight is 488 g/mol. The van der Waals surface area contributed by atoms with E-state index in [0.29, 0.717) is 28.8 Å². The minimum atomic E-state index is -1.35. The third kappa shape index (κ3) is 4.21. The van der Waals surface area contributed by atoms with Gasteiger partial charge in [0.1, 0.15) is 17.9 Å². The molecule has 0 atom stereocenters. The van der Waals surface area contributed by atoms with Gasteiger partial charge in [0.25, 0.3) is 5.91 Å². The molecule has 1 saturated carbocycles. The Balaban J connectivity index is 1.31. The highest BCUT2D eigenvalue weighted by Crippen LogP contribution is 2.45. The molecule has 2 heterocycles. The van der Waals surface area contributed by atoms with Crippen LogP contribution in [0.15, 0.2) is 48.5 Å². The van der Waals surface area contributed by atoms with E-state index >= 15 is 0 Å². The third-order valence-corrected chi connectivity index (χ3v) is 7.52. The first kappa shape index (κ1) is 22.2. The molecular formula is C25H23ClFNO4S. The van der Waals surface area contributed by atoms with Crippen molar-refractivity contribution in [2.75, 3.05) is 18.6 Å². The number of carbonyl (C=O) groups excluding carboxylic acids is 1. The second-order valence-electron chi connectivity index (χ2n) is 8.98. The summed E-state index contributed by atoms with van der Waals surface area (Å²) in [6.45, 7) is 1.92. The van der Waals surface area contributed by atoms with E-state index in [-0.39, 0.29) is 25.4 Å². The highest BCUT2D eigenvalue weighted by molar-refractivity contribution is 7.17. The summed E-state index contributed by atoms with van der Waals surface area (Å²) in [5.74, 6) is 0.828. The molecule has 33 heavy (non-hydrogen) atoms. The summed E-state index contributed by atoms with van der Waals surface area (Å²) in [4.78, 5) is 16.6. The van der Waals surface area contributed by atoms with Crippen molar-refractivity contribution in [3.05, 3.63) is 64.0 Å². The third-order valence-electron chi connectivity index (χ3n) is 6.06. The lowest BCUT2D eigenvalue weighted by atomic mass is 9.70. The van der Waals surface area contributed by atoms with Crippen LogP contribution < -0.4 is 14.4 Å². The van der Waals surface area contributed by atoms with Gasteiger partial charge >= 0.3 is 0 Å². The molecule has 1 amide bonds. The van der Waals surface area contributed by atoms with Crippen LogP contribution in [-0.2, 0) is 6.54 Å². The van der Waals surface area contributed by atoms with Crippen molar-refractivity contribution in [3.63, 3.8) is 0 Å². The molecule has 1 N–H and O–H groups in total. The Labute approximate surface area is 200 Å². The second-order valence-corrected chi connectivity index (χ2v) is 10.5. The molecule has 0 spiro atoms. The summed E-state index contributed by atoms with van der Waals surface area (Å²) >= 11 is 7.45. The lowest BCUT2D eigenvalue weighted by molar-refractivity contribution is -0.150. The van der Waals surface area contributed by atoms with Gasteiger partial charge in [-0.15, -0.1) is 11.3 Å². The number of alkyl halides is 1. The van der Waals surface area contributed by atoms with Crippen molar-refractivity contribution in [2.24, 2.45) is 0 Å². The van der Waals surface area contributed by atoms with E-state index in [4.69, 9.17) is 21.1 Å². The SMILES string of the molecule is COc1cc(N2Cc3cc(-c4ccc(Cl)cc4)sc3C2=O)ccc1OCC1(O)CC(C)(F)C1. The maximum Gasteiger partial charge on any atom is 0.269 e. The summed E-state index contributed by atoms with van der Waals surface area (Å²) in [5, 5.41) is 11.0. The maximum atomic E-state index is 13.8. The van der Waals surface area contributed by atoms with Crippen molar-refractivity contribution in [1.82, 2.24) is 0 Å². The maximum absolute atomic E-state index is 13.8. The molecule has 1 aromatic heterocycles. The van der Waals surface area contributed by atoms with Gasteiger partial charge in [-0.1, -0.05) is 23.7 Å². The van der Waals surface area contributed by atoms with E-state index in [9.17, 15) is 14.3 Å². The van der Waals surface area contributed by atoms with Crippen LogP contribution >= 0.6 is 22.9 Å². The Kier molecular flexibility index (Phi) is 5.39. The molecule has 8 heteroatoms. The van der Waals surface area contributed by atoms with E-state index < -0.39 is 11.3 Å². The molecule has 1 aliphatic carbocycles. The topological polar surface area (TPSA) is 59.0 Å². The van der Waals surface area contributed by atoms with Gasteiger partial charge in [0, 0.05) is 34.5 Å². The van der Waals surface area contributed by atoms with E-state index in [0.717, 1.165) is 20.9 Å². The lowest BCUT2D eigenvalue weighted by Crippen LogP contribution is -2.55. The van der Waals surface area contributed by atoms with E-state index in [2.05, 4.69) is 0 Å². The predicted octanol–water partition coefficient (Wildman–Crippen LogP) is 5.87. The van der Waals surface area contributed by atoms with Crippen molar-refractivity contribution in [3.8, 4) is 21.9 Å². The predicted molar refractivity (Wildman–Crippen MR) is 127 cm³/mol. The Bertz CT molecular complexity index is 1220. The van der Waals surface area contributed by atoms with Gasteiger partial charge in [0.05, 0.1) is 18.5 Å². The van der Waals surface area contributed by atoms with Gasteiger partial charge in [-0.05, 0) is 48.4 Å². The molecule has 5 nitrogen and oxygen atoms in total. The van der Waals surface area contributed by atoms with Gasteiger partial charge in [-0.25, -0.2) is 4.39 Å². The number of methoxy groups -OCH3 is 1. The monoisotopic (exact) mass is 487 g/mol. The number of ether oxygens (including phenoxy) is 2. The first-order chi connectivity index (χ1) is 15.7. The summed E-state index contributed by atoms with van der Waals surface area (Å²) in [5.41, 5.74) is 0.182. The normalized spacial score (nSPS) is 23.9. The molecule has 0 unspecified atom stereocenters. The molecule has 1 aliphatic heterocycles. The zero-order chi connectivity index (χ0) is 23.4. The highest BCUT2D eigenvalue weighted by atomic mass is 35.5. The fourth-order valence-electron chi connectivity index (χ4n) is 4.63. The van der Waals surface area contributed by atoms with Crippen molar-refractivity contribution < 1.29 is 23.8 Å². The summed E-state index contributed by atoms with van der Waals surface area (Å²) < 4.78 is 25.0. The smallest absolute Gasteiger partial charge is 0.269 e. The minimum absolute atomic E-state index is 0.0182. The Morgan fingerprint density at radius 3 is 2.52 bits per heavy atom. The minimum Gasteiger partial charge on any atom is -0.493 e. The Hall–Kier alpha value is -2.61. The van der Waals surface area contributed by atoms with Gasteiger partial charge in [0.15, 0.2) is 11.5 Å². The van der Waals surface area contributed by atoms with Crippen LogP contribution in [0.2, 0.25) is 5.02 Å². The second kappa shape index (κ2) is 8.01. The quantitative estimate of drug-likeness (QED) is 0.472. The number of fused-ring (bicyclic) bond motifs is 1. The highest BCUT2D eigenvalue weighted by Gasteiger charge is 2.52. The van der Waals surface area contributed by atoms with Gasteiger partial charge in [0.2, 0.25) is 0 Å². The molecule has 5 rings (SSSR count). The molecule has 0 radical (unpaired) electrons. The number of amides is 1. The van der Waals surface area contributed by atoms with Crippen molar-refractivity contribution in [1.29, 1.82) is 0 Å². The van der Waals surface area contributed by atoms with Crippen molar-refractivity contribution >= 4 is 34.5 Å². The largest absolute Gasteiger partial charge is 0.493 e. The zero-order valence-corrected chi connectivity index (χ0v) is 19.8. The number of anilines is 1. The van der Waals surface area contributed by atoms with Crippen molar-refractivity contribution in [2.45, 2.75) is 37.6 Å². The number of halogens is 2. The molecule has 0 bridgehead atoms. The fourth-order valence-corrected chi connectivity index (χ4v) is 5.89. The number of carbonyl (C=O) groups is 1. The molecule has 172 valence electrons. The molecule has 1 fully saturated rings. The molecule has 2 aliphatic rings. The average Bonchev–Trinajstić information content (AvgIpc) is 3.31. The number of benzene rings is 2. The number of hydrogen-bond acceptors (Lipinski definition) is 5. The van der Waals surface area contributed by atoms with E-state index in [1.165, 1.54) is 25.4 Å². The summed E-state index contributed by atoms with van der Waals surface area (Å²) in [7, 11) is 1.52. The molecule has 0 saturated heterocycles. The number of hydrogen-bond donors (Lipinski definition) is 1. The van der Waals surface area contributed by atoms with E-state index in [1.54, 1.807) is 23.1 Å². The number of rotatable bonds is 6. The van der Waals surface area contributed by atoms with Crippen LogP contribution in [0.25, 0.3) is 10.4 Å². The zero-order valence-electron chi connectivity index (χ0n) is 18.2.